The standard InChI is InChI=1S/C16H17FN2O2/c1-19-7-6-15-13(9-19)11(3-5-16(20)21)12-8-10(17)2-4-14(12)18-15/h2,4,8H,3,5-7,9H2,1H3,(H,20,21). The third-order valence-corrected chi connectivity index (χ3v) is 4.00. The zero-order valence-corrected chi connectivity index (χ0v) is 11.9. The van der Waals surface area contributed by atoms with Crippen molar-refractivity contribution in [3.63, 3.8) is 0 Å². The lowest BCUT2D eigenvalue weighted by molar-refractivity contribution is -0.136. The predicted octanol–water partition coefficient (Wildman–Crippen LogP) is 2.38. The Bertz CT molecular complexity index is 715. The van der Waals surface area contributed by atoms with Gasteiger partial charge in [-0.05, 0) is 42.8 Å². The number of nitrogens with zero attached hydrogens (tertiary/aromatic N) is 2. The molecule has 21 heavy (non-hydrogen) atoms. The summed E-state index contributed by atoms with van der Waals surface area (Å²) >= 11 is 0. The van der Waals surface area contributed by atoms with Crippen molar-refractivity contribution in [2.24, 2.45) is 0 Å². The number of benzene rings is 1. The fourth-order valence-corrected chi connectivity index (χ4v) is 2.95. The van der Waals surface area contributed by atoms with Gasteiger partial charge >= 0.3 is 5.97 Å². The molecule has 0 saturated heterocycles. The lowest BCUT2D eigenvalue weighted by Crippen LogP contribution is -2.28. The molecule has 3 rings (SSSR count). The molecule has 2 heterocycles. The number of halogens is 1. The molecule has 5 heteroatoms. The highest BCUT2D eigenvalue weighted by Gasteiger charge is 2.21. The Morgan fingerprint density at radius 1 is 1.48 bits per heavy atom. The van der Waals surface area contributed by atoms with E-state index in [-0.39, 0.29) is 12.2 Å². The molecule has 1 aromatic heterocycles. The number of aryl methyl sites for hydroxylation is 1. The minimum absolute atomic E-state index is 0.0474. The molecule has 1 aromatic carbocycles. The molecule has 1 N–H and O–H groups in total. The molecule has 0 amide bonds. The van der Waals surface area contributed by atoms with Crippen molar-refractivity contribution in [1.82, 2.24) is 9.88 Å². The van der Waals surface area contributed by atoms with E-state index >= 15 is 0 Å². The van der Waals surface area contributed by atoms with Crippen molar-refractivity contribution < 1.29 is 14.3 Å². The largest absolute Gasteiger partial charge is 0.481 e. The van der Waals surface area contributed by atoms with Gasteiger partial charge in [-0.25, -0.2) is 4.39 Å². The topological polar surface area (TPSA) is 53.4 Å². The number of hydrogen-bond acceptors (Lipinski definition) is 3. The second-order valence-corrected chi connectivity index (χ2v) is 5.56. The van der Waals surface area contributed by atoms with Gasteiger partial charge in [0.2, 0.25) is 0 Å². The Kier molecular flexibility index (Phi) is 3.59. The van der Waals surface area contributed by atoms with Crippen LogP contribution in [0.4, 0.5) is 4.39 Å². The molecule has 0 saturated carbocycles. The number of likely N-dealkylation sites (N-methyl/N-ethyl adjacent to an activating group) is 1. The maximum atomic E-state index is 13.6. The average Bonchev–Trinajstić information content (AvgIpc) is 2.44. The molecule has 0 bridgehead atoms. The number of aliphatic carboxylic acids is 1. The lowest BCUT2D eigenvalue weighted by Gasteiger charge is -2.27. The molecular formula is C16H17FN2O2. The van der Waals surface area contributed by atoms with Gasteiger partial charge in [-0.1, -0.05) is 0 Å². The first-order valence-electron chi connectivity index (χ1n) is 7.05. The van der Waals surface area contributed by atoms with Crippen molar-refractivity contribution in [2.45, 2.75) is 25.8 Å². The SMILES string of the molecule is CN1CCc2nc3ccc(F)cc3c(CCC(=O)O)c2C1. The summed E-state index contributed by atoms with van der Waals surface area (Å²) in [6.07, 6.45) is 1.30. The summed E-state index contributed by atoms with van der Waals surface area (Å²) in [6.45, 7) is 1.68. The Morgan fingerprint density at radius 2 is 2.29 bits per heavy atom. The first kappa shape index (κ1) is 13.9. The molecule has 0 atom stereocenters. The number of fused-ring (bicyclic) bond motifs is 2. The van der Waals surface area contributed by atoms with Crippen LogP contribution in [0.1, 0.15) is 23.2 Å². The van der Waals surface area contributed by atoms with Crippen LogP contribution in [0.25, 0.3) is 10.9 Å². The summed E-state index contributed by atoms with van der Waals surface area (Å²) in [6, 6.07) is 4.54. The van der Waals surface area contributed by atoms with E-state index in [0.717, 1.165) is 47.2 Å². The number of rotatable bonds is 3. The van der Waals surface area contributed by atoms with Gasteiger partial charge < -0.3 is 10.0 Å². The molecule has 1 aliphatic heterocycles. The monoisotopic (exact) mass is 288 g/mol. The van der Waals surface area contributed by atoms with E-state index in [1.807, 2.05) is 7.05 Å². The van der Waals surface area contributed by atoms with E-state index in [2.05, 4.69) is 9.88 Å². The van der Waals surface area contributed by atoms with Crippen molar-refractivity contribution in [3.8, 4) is 0 Å². The normalized spacial score (nSPS) is 15.1. The summed E-state index contributed by atoms with van der Waals surface area (Å²) in [4.78, 5) is 17.7. The molecular weight excluding hydrogens is 271 g/mol. The first-order valence-corrected chi connectivity index (χ1v) is 7.05. The summed E-state index contributed by atoms with van der Waals surface area (Å²) in [5.74, 6) is -1.15. The van der Waals surface area contributed by atoms with Crippen LogP contribution in [-0.4, -0.2) is 34.6 Å². The highest BCUT2D eigenvalue weighted by atomic mass is 19.1. The fourth-order valence-electron chi connectivity index (χ4n) is 2.95. The number of carboxylic acids is 1. The zero-order valence-electron chi connectivity index (χ0n) is 11.9. The van der Waals surface area contributed by atoms with Crippen LogP contribution in [0.2, 0.25) is 0 Å². The molecule has 0 aliphatic carbocycles. The quantitative estimate of drug-likeness (QED) is 0.942. The van der Waals surface area contributed by atoms with E-state index in [1.165, 1.54) is 12.1 Å². The Morgan fingerprint density at radius 3 is 3.05 bits per heavy atom. The smallest absolute Gasteiger partial charge is 0.303 e. The molecule has 0 fully saturated rings. The van der Waals surface area contributed by atoms with Crippen LogP contribution in [0.3, 0.4) is 0 Å². The van der Waals surface area contributed by atoms with Crippen LogP contribution < -0.4 is 0 Å². The predicted molar refractivity (Wildman–Crippen MR) is 77.7 cm³/mol. The van der Waals surface area contributed by atoms with Crippen molar-refractivity contribution >= 4 is 16.9 Å². The number of hydrogen-bond donors (Lipinski definition) is 1. The van der Waals surface area contributed by atoms with Gasteiger partial charge in [0.15, 0.2) is 0 Å². The Labute approximate surface area is 122 Å². The summed E-state index contributed by atoms with van der Waals surface area (Å²) in [7, 11) is 2.03. The maximum absolute atomic E-state index is 13.6. The number of pyridine rings is 1. The van der Waals surface area contributed by atoms with Gasteiger partial charge in [0.25, 0.3) is 0 Å². The molecule has 110 valence electrons. The van der Waals surface area contributed by atoms with E-state index in [0.29, 0.717) is 6.42 Å². The van der Waals surface area contributed by atoms with Gasteiger partial charge in [-0.3, -0.25) is 9.78 Å². The van der Waals surface area contributed by atoms with Gasteiger partial charge in [0.05, 0.1) is 5.52 Å². The van der Waals surface area contributed by atoms with E-state index < -0.39 is 5.97 Å². The molecule has 0 unspecified atom stereocenters. The zero-order chi connectivity index (χ0) is 15.0. The molecule has 0 radical (unpaired) electrons. The van der Waals surface area contributed by atoms with Crippen LogP contribution in [0.5, 0.6) is 0 Å². The Hall–Kier alpha value is -2.01. The second kappa shape index (κ2) is 5.41. The lowest BCUT2D eigenvalue weighted by atomic mass is 9.93. The number of carbonyl (C=O) groups is 1. The summed E-state index contributed by atoms with van der Waals surface area (Å²) in [5, 5.41) is 9.70. The Balaban J connectivity index is 2.19. The number of carboxylic acid groups (broad SMARTS) is 1. The number of aromatic nitrogens is 1. The fraction of sp³-hybridized carbons (Fsp3) is 0.375. The van der Waals surface area contributed by atoms with Crippen molar-refractivity contribution in [2.75, 3.05) is 13.6 Å². The summed E-state index contributed by atoms with van der Waals surface area (Å²) < 4.78 is 13.6. The van der Waals surface area contributed by atoms with Crippen molar-refractivity contribution in [1.29, 1.82) is 0 Å². The second-order valence-electron chi connectivity index (χ2n) is 5.56. The van der Waals surface area contributed by atoms with Crippen LogP contribution in [-0.2, 0) is 24.2 Å². The average molecular weight is 288 g/mol. The van der Waals surface area contributed by atoms with Crippen LogP contribution in [0, 0.1) is 5.82 Å². The highest BCUT2D eigenvalue weighted by molar-refractivity contribution is 5.84. The van der Waals surface area contributed by atoms with Gasteiger partial charge in [0.1, 0.15) is 5.82 Å². The molecule has 4 nitrogen and oxygen atoms in total. The van der Waals surface area contributed by atoms with Crippen LogP contribution >= 0.6 is 0 Å². The third kappa shape index (κ3) is 2.74. The minimum Gasteiger partial charge on any atom is -0.481 e. The van der Waals surface area contributed by atoms with E-state index in [4.69, 9.17) is 5.11 Å². The van der Waals surface area contributed by atoms with E-state index in [1.54, 1.807) is 6.07 Å². The van der Waals surface area contributed by atoms with Crippen molar-refractivity contribution in [3.05, 3.63) is 40.8 Å². The third-order valence-electron chi connectivity index (χ3n) is 4.00. The van der Waals surface area contributed by atoms with E-state index in [9.17, 15) is 9.18 Å². The molecule has 1 aliphatic rings. The maximum Gasteiger partial charge on any atom is 0.303 e. The van der Waals surface area contributed by atoms with Crippen LogP contribution in [0.15, 0.2) is 18.2 Å². The molecule has 2 aromatic rings. The molecule has 0 spiro atoms. The van der Waals surface area contributed by atoms with Gasteiger partial charge in [-0.15, -0.1) is 0 Å². The summed E-state index contributed by atoms with van der Waals surface area (Å²) in [5.41, 5.74) is 3.78. The minimum atomic E-state index is -0.839. The first-order chi connectivity index (χ1) is 10.0. The van der Waals surface area contributed by atoms with Gasteiger partial charge in [0, 0.05) is 37.0 Å². The highest BCUT2D eigenvalue weighted by Crippen LogP contribution is 2.29. The van der Waals surface area contributed by atoms with Gasteiger partial charge in [-0.2, -0.15) is 0 Å².